The Morgan fingerprint density at radius 2 is 1.90 bits per heavy atom. The fourth-order valence-electron chi connectivity index (χ4n) is 2.88. The van der Waals surface area contributed by atoms with E-state index in [1.807, 2.05) is 11.3 Å². The zero-order chi connectivity index (χ0) is 15.1. The first-order chi connectivity index (χ1) is 10.3. The van der Waals surface area contributed by atoms with Crippen LogP contribution in [-0.4, -0.2) is 34.6 Å². The van der Waals surface area contributed by atoms with Gasteiger partial charge in [-0.25, -0.2) is 0 Å². The summed E-state index contributed by atoms with van der Waals surface area (Å²) in [5.41, 5.74) is 0. The molecule has 1 aromatic rings. The second-order valence-corrected chi connectivity index (χ2v) is 9.53. The van der Waals surface area contributed by atoms with Gasteiger partial charge in [-0.15, -0.1) is 11.3 Å². The third-order valence-electron chi connectivity index (χ3n) is 4.03. The van der Waals surface area contributed by atoms with Gasteiger partial charge >= 0.3 is 0 Å². The maximum absolute atomic E-state index is 3.85. The van der Waals surface area contributed by atoms with E-state index >= 15 is 0 Å². The smallest absolute Gasteiger partial charge is 0.0323 e. The highest BCUT2D eigenvalue weighted by molar-refractivity contribution is 8.07. The van der Waals surface area contributed by atoms with E-state index in [0.717, 1.165) is 17.0 Å². The summed E-state index contributed by atoms with van der Waals surface area (Å²) in [7, 11) is 0. The third-order valence-corrected chi connectivity index (χ3v) is 8.69. The Labute approximate surface area is 143 Å². The zero-order valence-corrected chi connectivity index (χ0v) is 16.0. The predicted molar refractivity (Wildman–Crippen MR) is 102 cm³/mol. The van der Waals surface area contributed by atoms with Crippen molar-refractivity contribution in [3.63, 3.8) is 0 Å². The molecule has 3 atom stereocenters. The van der Waals surface area contributed by atoms with Crippen molar-refractivity contribution in [1.82, 2.24) is 5.32 Å². The van der Waals surface area contributed by atoms with Crippen molar-refractivity contribution in [3.8, 4) is 0 Å². The maximum atomic E-state index is 3.85. The summed E-state index contributed by atoms with van der Waals surface area (Å²) in [5.74, 6) is 2.65. The number of hydrogen-bond donors (Lipinski definition) is 1. The van der Waals surface area contributed by atoms with Gasteiger partial charge in [-0.3, -0.25) is 0 Å². The summed E-state index contributed by atoms with van der Waals surface area (Å²) in [4.78, 5) is 3.09. The maximum Gasteiger partial charge on any atom is 0.0323 e. The number of thioether (sulfide) groups is 2. The number of hydrogen-bond acceptors (Lipinski definition) is 4. The minimum absolute atomic E-state index is 0.635. The molecule has 0 aromatic carbocycles. The SMILES string of the molecule is CCCNC(Cc1ccc(CC)s1)C1SCCSC1CC. The van der Waals surface area contributed by atoms with Crippen LogP contribution in [-0.2, 0) is 12.8 Å². The van der Waals surface area contributed by atoms with Gasteiger partial charge in [0.15, 0.2) is 0 Å². The molecule has 2 rings (SSSR count). The predicted octanol–water partition coefficient (Wildman–Crippen LogP) is 4.85. The Balaban J connectivity index is 2.04. The molecule has 120 valence electrons. The summed E-state index contributed by atoms with van der Waals surface area (Å²) >= 11 is 6.41. The van der Waals surface area contributed by atoms with Gasteiger partial charge in [-0.2, -0.15) is 23.5 Å². The summed E-state index contributed by atoms with van der Waals surface area (Å²) in [6, 6.07) is 5.30. The van der Waals surface area contributed by atoms with Crippen molar-refractivity contribution in [1.29, 1.82) is 0 Å². The van der Waals surface area contributed by atoms with Crippen LogP contribution in [0, 0.1) is 0 Å². The molecule has 1 N–H and O–H groups in total. The van der Waals surface area contributed by atoms with Crippen molar-refractivity contribution >= 4 is 34.9 Å². The van der Waals surface area contributed by atoms with Crippen LogP contribution < -0.4 is 5.32 Å². The second-order valence-electron chi connectivity index (χ2n) is 5.64. The molecule has 1 aliphatic heterocycles. The molecule has 1 aliphatic rings. The van der Waals surface area contributed by atoms with Gasteiger partial charge in [-0.05, 0) is 44.4 Å². The molecular weight excluding hydrogens is 314 g/mol. The molecule has 2 heterocycles. The van der Waals surface area contributed by atoms with Crippen LogP contribution in [0.1, 0.15) is 43.4 Å². The first-order valence-electron chi connectivity index (χ1n) is 8.32. The van der Waals surface area contributed by atoms with Gasteiger partial charge in [0.2, 0.25) is 0 Å². The highest BCUT2D eigenvalue weighted by Crippen LogP contribution is 2.36. The number of thiophene rings is 1. The van der Waals surface area contributed by atoms with Crippen molar-refractivity contribution in [2.75, 3.05) is 18.1 Å². The first kappa shape index (κ1) is 17.7. The second kappa shape index (κ2) is 9.49. The number of nitrogens with one attached hydrogen (secondary N) is 1. The standard InChI is InChI=1S/C17H29NS3/c1-4-9-18-15(12-14-8-7-13(5-2)21-14)17-16(6-3)19-10-11-20-17/h7-8,15-18H,4-6,9-12H2,1-3H3. The van der Waals surface area contributed by atoms with Gasteiger partial charge in [0.25, 0.3) is 0 Å². The van der Waals surface area contributed by atoms with E-state index in [9.17, 15) is 0 Å². The van der Waals surface area contributed by atoms with Gasteiger partial charge in [0.05, 0.1) is 0 Å². The zero-order valence-electron chi connectivity index (χ0n) is 13.6. The lowest BCUT2D eigenvalue weighted by Gasteiger charge is -2.36. The molecule has 4 heteroatoms. The summed E-state index contributed by atoms with van der Waals surface area (Å²) in [6.45, 7) is 8.02. The lowest BCUT2D eigenvalue weighted by Crippen LogP contribution is -2.46. The van der Waals surface area contributed by atoms with E-state index in [1.54, 1.807) is 4.88 Å². The van der Waals surface area contributed by atoms with Gasteiger partial charge in [0.1, 0.15) is 0 Å². The molecule has 0 radical (unpaired) electrons. The molecule has 1 saturated heterocycles. The molecule has 3 unspecified atom stereocenters. The number of aryl methyl sites for hydroxylation is 1. The lowest BCUT2D eigenvalue weighted by molar-refractivity contribution is 0.479. The van der Waals surface area contributed by atoms with Crippen molar-refractivity contribution in [2.45, 2.75) is 63.0 Å². The molecule has 0 bridgehead atoms. The van der Waals surface area contributed by atoms with Crippen LogP contribution in [0.2, 0.25) is 0 Å². The van der Waals surface area contributed by atoms with Crippen LogP contribution in [0.4, 0.5) is 0 Å². The van der Waals surface area contributed by atoms with Crippen LogP contribution in [0.15, 0.2) is 12.1 Å². The molecule has 1 fully saturated rings. The third kappa shape index (κ3) is 5.19. The quantitative estimate of drug-likeness (QED) is 0.725. The Hall–Kier alpha value is 0.360. The highest BCUT2D eigenvalue weighted by Gasteiger charge is 2.32. The first-order valence-corrected chi connectivity index (χ1v) is 11.2. The Bertz CT molecular complexity index is 404. The van der Waals surface area contributed by atoms with Crippen molar-refractivity contribution < 1.29 is 0 Å². The largest absolute Gasteiger partial charge is 0.312 e. The highest BCUT2D eigenvalue weighted by atomic mass is 32.2. The Morgan fingerprint density at radius 3 is 2.57 bits per heavy atom. The molecular formula is C17H29NS3. The molecule has 1 nitrogen and oxygen atoms in total. The minimum atomic E-state index is 0.635. The van der Waals surface area contributed by atoms with E-state index < -0.39 is 0 Å². The van der Waals surface area contributed by atoms with E-state index in [4.69, 9.17) is 0 Å². The van der Waals surface area contributed by atoms with Crippen LogP contribution >= 0.6 is 34.9 Å². The van der Waals surface area contributed by atoms with Gasteiger partial charge in [0, 0.05) is 37.8 Å². The van der Waals surface area contributed by atoms with Crippen LogP contribution in [0.25, 0.3) is 0 Å². The average molecular weight is 344 g/mol. The van der Waals surface area contributed by atoms with Crippen LogP contribution in [0.3, 0.4) is 0 Å². The Morgan fingerprint density at radius 1 is 1.14 bits per heavy atom. The lowest BCUT2D eigenvalue weighted by atomic mass is 10.0. The monoisotopic (exact) mass is 343 g/mol. The molecule has 21 heavy (non-hydrogen) atoms. The summed E-state index contributed by atoms with van der Waals surface area (Å²) < 4.78 is 0. The van der Waals surface area contributed by atoms with Gasteiger partial charge < -0.3 is 5.32 Å². The summed E-state index contributed by atoms with van der Waals surface area (Å²) in [5, 5.41) is 5.45. The fraction of sp³-hybridized carbons (Fsp3) is 0.765. The topological polar surface area (TPSA) is 12.0 Å². The Kier molecular flexibility index (Phi) is 8.00. The fourth-order valence-corrected chi connectivity index (χ4v) is 7.16. The normalized spacial score (nSPS) is 24.1. The van der Waals surface area contributed by atoms with E-state index in [0.29, 0.717) is 6.04 Å². The van der Waals surface area contributed by atoms with Crippen molar-refractivity contribution in [2.24, 2.45) is 0 Å². The number of rotatable bonds is 8. The van der Waals surface area contributed by atoms with Gasteiger partial charge in [-0.1, -0.05) is 20.8 Å². The molecule has 0 saturated carbocycles. The molecule has 1 aromatic heterocycles. The van der Waals surface area contributed by atoms with Crippen molar-refractivity contribution in [3.05, 3.63) is 21.9 Å². The molecule has 0 amide bonds. The molecule has 0 spiro atoms. The molecule has 0 aliphatic carbocycles. The van der Waals surface area contributed by atoms with E-state index in [-0.39, 0.29) is 0 Å². The summed E-state index contributed by atoms with van der Waals surface area (Å²) in [6.07, 6.45) is 4.91. The van der Waals surface area contributed by atoms with E-state index in [2.05, 4.69) is 61.7 Å². The van der Waals surface area contributed by atoms with E-state index in [1.165, 1.54) is 42.1 Å². The van der Waals surface area contributed by atoms with Crippen LogP contribution in [0.5, 0.6) is 0 Å². The average Bonchev–Trinajstić information content (AvgIpc) is 2.99. The minimum Gasteiger partial charge on any atom is -0.312 e.